The van der Waals surface area contributed by atoms with Gasteiger partial charge >= 0.3 is 0 Å². The molecule has 1 fully saturated rings. The fourth-order valence-electron chi connectivity index (χ4n) is 2.40. The Morgan fingerprint density at radius 1 is 1.50 bits per heavy atom. The molecule has 2 nitrogen and oxygen atoms in total. The molecule has 1 unspecified atom stereocenters. The minimum Gasteiger partial charge on any atom is -0.292 e. The number of rotatable bonds is 3. The van der Waals surface area contributed by atoms with Gasteiger partial charge < -0.3 is 0 Å². The zero-order valence-electron chi connectivity index (χ0n) is 9.83. The lowest BCUT2D eigenvalue weighted by Crippen LogP contribution is -2.27. The van der Waals surface area contributed by atoms with Crippen LogP contribution in [0.2, 0.25) is 0 Å². The second-order valence-corrected chi connectivity index (χ2v) is 4.78. The van der Waals surface area contributed by atoms with Crippen molar-refractivity contribution < 1.29 is 18.0 Å². The van der Waals surface area contributed by atoms with E-state index in [1.807, 2.05) is 0 Å². The summed E-state index contributed by atoms with van der Waals surface area (Å²) in [5.74, 6) is -4.24. The summed E-state index contributed by atoms with van der Waals surface area (Å²) in [5, 5.41) is 0. The molecule has 18 heavy (non-hydrogen) atoms. The van der Waals surface area contributed by atoms with E-state index in [9.17, 15) is 18.0 Å². The Morgan fingerprint density at radius 2 is 2.28 bits per heavy atom. The number of aromatic nitrogens is 1. The number of halogens is 3. The van der Waals surface area contributed by atoms with Crippen LogP contribution in [-0.2, 0) is 0 Å². The molecule has 0 bridgehead atoms. The molecule has 0 aromatic carbocycles. The summed E-state index contributed by atoms with van der Waals surface area (Å²) in [5.41, 5.74) is -0.244. The van der Waals surface area contributed by atoms with Gasteiger partial charge in [0.2, 0.25) is 5.92 Å². The van der Waals surface area contributed by atoms with E-state index in [1.165, 1.54) is 12.3 Å². The Balaban J connectivity index is 2.02. The first-order valence-electron chi connectivity index (χ1n) is 5.99. The second-order valence-electron chi connectivity index (χ2n) is 4.78. The molecule has 1 saturated carbocycles. The first kappa shape index (κ1) is 13.1. The highest BCUT2D eigenvalue weighted by molar-refractivity contribution is 5.94. The van der Waals surface area contributed by atoms with Crippen LogP contribution in [0.1, 0.15) is 42.6 Å². The Kier molecular flexibility index (Phi) is 3.68. The summed E-state index contributed by atoms with van der Waals surface area (Å²) in [6.07, 6.45) is 1.88. The predicted molar refractivity (Wildman–Crippen MR) is 60.0 cm³/mol. The summed E-state index contributed by atoms with van der Waals surface area (Å²) >= 11 is 0. The van der Waals surface area contributed by atoms with Gasteiger partial charge in [-0.05, 0) is 30.9 Å². The van der Waals surface area contributed by atoms with Crippen LogP contribution in [0, 0.1) is 11.7 Å². The number of hydrogen-bond acceptors (Lipinski definition) is 2. The topological polar surface area (TPSA) is 30.0 Å². The molecule has 1 aromatic heterocycles. The van der Waals surface area contributed by atoms with Gasteiger partial charge in [0.15, 0.2) is 11.6 Å². The third-order valence-electron chi connectivity index (χ3n) is 3.24. The number of carbonyl (C=O) groups excluding carboxylic acids is 1. The van der Waals surface area contributed by atoms with Crippen LogP contribution in [0.25, 0.3) is 0 Å². The third-order valence-corrected chi connectivity index (χ3v) is 3.24. The van der Waals surface area contributed by atoms with Crippen LogP contribution in [0.15, 0.2) is 18.3 Å². The van der Waals surface area contributed by atoms with E-state index in [4.69, 9.17) is 0 Å². The SMILES string of the molecule is O=C(CC1CCCC(F)(F)C1)c1ncccc1F. The Bertz CT molecular complexity index is 448. The largest absolute Gasteiger partial charge is 0.292 e. The van der Waals surface area contributed by atoms with Gasteiger partial charge in [-0.25, -0.2) is 13.2 Å². The smallest absolute Gasteiger partial charge is 0.248 e. The minimum atomic E-state index is -2.69. The highest BCUT2D eigenvalue weighted by Gasteiger charge is 2.37. The van der Waals surface area contributed by atoms with Crippen molar-refractivity contribution in [2.75, 3.05) is 0 Å². The lowest BCUT2D eigenvalue weighted by molar-refractivity contribution is -0.0521. The number of carbonyl (C=O) groups is 1. The van der Waals surface area contributed by atoms with Crippen molar-refractivity contribution >= 4 is 5.78 Å². The number of Topliss-reactive ketones (excluding diaryl/α,β-unsaturated/α-hetero) is 1. The number of pyridine rings is 1. The van der Waals surface area contributed by atoms with Gasteiger partial charge in [0, 0.05) is 25.5 Å². The van der Waals surface area contributed by atoms with E-state index < -0.39 is 17.5 Å². The molecule has 0 N–H and O–H groups in total. The van der Waals surface area contributed by atoms with E-state index >= 15 is 0 Å². The van der Waals surface area contributed by atoms with E-state index in [1.54, 1.807) is 0 Å². The van der Waals surface area contributed by atoms with Gasteiger partial charge in [-0.1, -0.05) is 0 Å². The van der Waals surface area contributed by atoms with Crippen LogP contribution >= 0.6 is 0 Å². The first-order valence-corrected chi connectivity index (χ1v) is 5.99. The number of alkyl halides is 2. The van der Waals surface area contributed by atoms with Crippen molar-refractivity contribution in [3.8, 4) is 0 Å². The third kappa shape index (κ3) is 3.09. The number of nitrogens with zero attached hydrogens (tertiary/aromatic N) is 1. The molecule has 0 spiro atoms. The number of hydrogen-bond donors (Lipinski definition) is 0. The molecule has 1 aliphatic rings. The fourth-order valence-corrected chi connectivity index (χ4v) is 2.40. The molecular weight excluding hydrogens is 243 g/mol. The Labute approximate surface area is 103 Å². The van der Waals surface area contributed by atoms with Crippen molar-refractivity contribution in [2.24, 2.45) is 5.92 Å². The van der Waals surface area contributed by atoms with Crippen LogP contribution < -0.4 is 0 Å². The maximum absolute atomic E-state index is 13.3. The van der Waals surface area contributed by atoms with Crippen molar-refractivity contribution in [1.82, 2.24) is 4.98 Å². The fraction of sp³-hybridized carbons (Fsp3) is 0.538. The lowest BCUT2D eigenvalue weighted by atomic mass is 9.83. The Hall–Kier alpha value is -1.39. The normalized spacial score (nSPS) is 22.7. The maximum atomic E-state index is 13.3. The summed E-state index contributed by atoms with van der Waals surface area (Å²) < 4.78 is 39.7. The van der Waals surface area contributed by atoms with Crippen LogP contribution in [0.4, 0.5) is 13.2 Å². The van der Waals surface area contributed by atoms with Gasteiger partial charge in [-0.2, -0.15) is 0 Å². The molecule has 0 radical (unpaired) electrons. The maximum Gasteiger partial charge on any atom is 0.248 e. The summed E-state index contributed by atoms with van der Waals surface area (Å²) in [6.45, 7) is 0. The van der Waals surface area contributed by atoms with Crippen LogP contribution in [0.3, 0.4) is 0 Å². The van der Waals surface area contributed by atoms with Gasteiger partial charge in [0.1, 0.15) is 5.69 Å². The van der Waals surface area contributed by atoms with Gasteiger partial charge in [0.25, 0.3) is 0 Å². The molecule has 1 heterocycles. The van der Waals surface area contributed by atoms with Gasteiger partial charge in [-0.15, -0.1) is 0 Å². The highest BCUT2D eigenvalue weighted by Crippen LogP contribution is 2.38. The average Bonchev–Trinajstić information content (AvgIpc) is 2.28. The molecule has 0 aliphatic heterocycles. The molecule has 98 valence electrons. The van der Waals surface area contributed by atoms with Crippen LogP contribution in [-0.4, -0.2) is 16.7 Å². The lowest BCUT2D eigenvalue weighted by Gasteiger charge is -2.28. The molecule has 0 amide bonds. The van der Waals surface area contributed by atoms with Crippen molar-refractivity contribution in [3.63, 3.8) is 0 Å². The Morgan fingerprint density at radius 3 is 2.94 bits per heavy atom. The molecule has 1 aromatic rings. The average molecular weight is 257 g/mol. The standard InChI is InChI=1S/C13H14F3NO/c14-10-4-2-6-17-12(10)11(18)7-9-3-1-5-13(15,16)8-9/h2,4,6,9H,1,3,5,7-8H2. The monoisotopic (exact) mass is 257 g/mol. The molecule has 1 atom stereocenters. The van der Waals surface area contributed by atoms with Crippen LogP contribution in [0.5, 0.6) is 0 Å². The van der Waals surface area contributed by atoms with Crippen molar-refractivity contribution in [2.45, 2.75) is 38.0 Å². The van der Waals surface area contributed by atoms with Crippen molar-refractivity contribution in [3.05, 3.63) is 29.8 Å². The van der Waals surface area contributed by atoms with E-state index in [2.05, 4.69) is 4.98 Å². The molecule has 2 rings (SSSR count). The van der Waals surface area contributed by atoms with E-state index in [0.29, 0.717) is 12.8 Å². The molecule has 5 heteroatoms. The molecule has 0 saturated heterocycles. The van der Waals surface area contributed by atoms with E-state index in [-0.39, 0.29) is 30.9 Å². The number of ketones is 1. The molecule has 1 aliphatic carbocycles. The predicted octanol–water partition coefficient (Wildman–Crippen LogP) is 3.62. The minimum absolute atomic E-state index is 0.0521. The first-order chi connectivity index (χ1) is 8.48. The van der Waals surface area contributed by atoms with E-state index in [0.717, 1.165) is 6.07 Å². The summed E-state index contributed by atoms with van der Waals surface area (Å²) in [4.78, 5) is 15.5. The van der Waals surface area contributed by atoms with Gasteiger partial charge in [0.05, 0.1) is 0 Å². The summed E-state index contributed by atoms with van der Waals surface area (Å²) in [7, 11) is 0. The van der Waals surface area contributed by atoms with Gasteiger partial charge in [-0.3, -0.25) is 9.78 Å². The molecular formula is C13H14F3NO. The zero-order chi connectivity index (χ0) is 13.2. The zero-order valence-corrected chi connectivity index (χ0v) is 9.83. The van der Waals surface area contributed by atoms with Crippen molar-refractivity contribution in [1.29, 1.82) is 0 Å². The highest BCUT2D eigenvalue weighted by atomic mass is 19.3. The second kappa shape index (κ2) is 5.08. The summed E-state index contributed by atoms with van der Waals surface area (Å²) in [6, 6.07) is 2.54. The quantitative estimate of drug-likeness (QED) is 0.774.